The van der Waals surface area contributed by atoms with Crippen LogP contribution < -0.4 is 0 Å². The Kier molecular flexibility index (Phi) is 3.80. The number of hydrogen-bond donors (Lipinski definition) is 1. The second kappa shape index (κ2) is 6.31. The van der Waals surface area contributed by atoms with Crippen LogP contribution in [0.4, 0.5) is 5.69 Å². The summed E-state index contributed by atoms with van der Waals surface area (Å²) in [5, 5.41) is 0.719. The van der Waals surface area contributed by atoms with Gasteiger partial charge in [-0.1, -0.05) is 48.0 Å². The number of aromatic amines is 1. The normalized spacial score (nSPS) is 16.3. The maximum atomic E-state index is 6.07. The summed E-state index contributed by atoms with van der Waals surface area (Å²) in [5.74, 6) is 0.916. The molecule has 1 atom stereocenters. The molecule has 0 amide bonds. The van der Waals surface area contributed by atoms with Crippen LogP contribution in [-0.4, -0.2) is 15.7 Å². The van der Waals surface area contributed by atoms with Gasteiger partial charge in [-0.05, 0) is 42.0 Å². The minimum atomic E-state index is -0.00141. The first kappa shape index (κ1) is 15.7. The molecule has 0 saturated carbocycles. The van der Waals surface area contributed by atoms with Crippen molar-refractivity contribution in [1.29, 1.82) is 0 Å². The lowest BCUT2D eigenvalue weighted by atomic mass is 10.1. The van der Waals surface area contributed by atoms with Crippen molar-refractivity contribution in [2.24, 2.45) is 4.99 Å². The molecule has 4 aromatic rings. The van der Waals surface area contributed by atoms with Crippen LogP contribution in [0, 0.1) is 0 Å². The number of rotatable bonds is 2. The van der Waals surface area contributed by atoms with Gasteiger partial charge in [0, 0.05) is 9.92 Å². The maximum Gasteiger partial charge on any atom is 0.126 e. The molecule has 1 aliphatic heterocycles. The lowest BCUT2D eigenvalue weighted by Crippen LogP contribution is -2.15. The van der Waals surface area contributed by atoms with E-state index in [-0.39, 0.29) is 5.25 Å². The fraction of sp³-hybridized carbons (Fsp3) is 0.0476. The van der Waals surface area contributed by atoms with E-state index in [4.69, 9.17) is 21.6 Å². The Morgan fingerprint density at radius 2 is 1.65 bits per heavy atom. The van der Waals surface area contributed by atoms with Crippen molar-refractivity contribution in [3.8, 4) is 0 Å². The zero-order valence-electron chi connectivity index (χ0n) is 13.7. The lowest BCUT2D eigenvalue weighted by molar-refractivity contribution is 1.06. The molecule has 1 aliphatic rings. The van der Waals surface area contributed by atoms with E-state index in [1.54, 1.807) is 11.8 Å². The molecule has 126 valence electrons. The summed E-state index contributed by atoms with van der Waals surface area (Å²) in [6.45, 7) is 0. The van der Waals surface area contributed by atoms with Crippen LogP contribution in [0.1, 0.15) is 16.6 Å². The third kappa shape index (κ3) is 2.71. The first-order chi connectivity index (χ1) is 12.8. The van der Waals surface area contributed by atoms with E-state index in [2.05, 4.69) is 11.1 Å². The highest BCUT2D eigenvalue weighted by molar-refractivity contribution is 8.00. The van der Waals surface area contributed by atoms with Crippen molar-refractivity contribution < 1.29 is 0 Å². The van der Waals surface area contributed by atoms with Gasteiger partial charge in [0.25, 0.3) is 0 Å². The summed E-state index contributed by atoms with van der Waals surface area (Å²) >= 11 is 7.85. The summed E-state index contributed by atoms with van der Waals surface area (Å²) in [6, 6.07) is 24.2. The van der Waals surface area contributed by atoms with Crippen LogP contribution in [0.3, 0.4) is 0 Å². The maximum absolute atomic E-state index is 6.07. The average Bonchev–Trinajstić information content (AvgIpc) is 3.12. The standard InChI is InChI=1S/C21H14ClN3S/c22-14-11-9-13(10-12-14)19-20(26-18-8-4-3-7-17(18)23-19)21-24-15-5-1-2-6-16(15)25-21/h1-12,20H,(H,24,25)/t20-/m1/s1. The number of hydrogen-bond acceptors (Lipinski definition) is 3. The minimum Gasteiger partial charge on any atom is -0.341 e. The number of benzene rings is 3. The highest BCUT2D eigenvalue weighted by atomic mass is 35.5. The Balaban J connectivity index is 1.68. The number of H-pyrrole nitrogens is 1. The molecule has 1 aromatic heterocycles. The first-order valence-electron chi connectivity index (χ1n) is 8.33. The van der Waals surface area contributed by atoms with Gasteiger partial charge in [-0.15, -0.1) is 11.8 Å². The Labute approximate surface area is 160 Å². The van der Waals surface area contributed by atoms with Gasteiger partial charge in [-0.2, -0.15) is 0 Å². The Morgan fingerprint density at radius 1 is 0.885 bits per heavy atom. The molecule has 5 rings (SSSR count). The molecule has 0 spiro atoms. The first-order valence-corrected chi connectivity index (χ1v) is 9.58. The highest BCUT2D eigenvalue weighted by Gasteiger charge is 2.29. The van der Waals surface area contributed by atoms with Gasteiger partial charge in [0.15, 0.2) is 0 Å². The summed E-state index contributed by atoms with van der Waals surface area (Å²) in [5.41, 5.74) is 5.05. The second-order valence-corrected chi connectivity index (χ2v) is 7.69. The predicted octanol–water partition coefficient (Wildman–Crippen LogP) is 6.18. The zero-order valence-corrected chi connectivity index (χ0v) is 15.3. The largest absolute Gasteiger partial charge is 0.341 e. The van der Waals surface area contributed by atoms with Gasteiger partial charge in [0.1, 0.15) is 11.1 Å². The number of nitrogens with zero attached hydrogens (tertiary/aromatic N) is 2. The number of para-hydroxylation sites is 3. The van der Waals surface area contributed by atoms with Crippen LogP contribution in [0.5, 0.6) is 0 Å². The number of aliphatic imine (C=N–C) groups is 1. The van der Waals surface area contributed by atoms with E-state index in [1.807, 2.05) is 66.7 Å². The number of aromatic nitrogens is 2. The van der Waals surface area contributed by atoms with Crippen molar-refractivity contribution in [2.45, 2.75) is 10.1 Å². The summed E-state index contributed by atoms with van der Waals surface area (Å²) < 4.78 is 0. The van der Waals surface area contributed by atoms with Crippen LogP contribution in [-0.2, 0) is 0 Å². The fourth-order valence-corrected chi connectivity index (χ4v) is 4.43. The van der Waals surface area contributed by atoms with Gasteiger partial charge in [0.05, 0.1) is 22.4 Å². The molecular formula is C21H14ClN3S. The smallest absolute Gasteiger partial charge is 0.126 e. The van der Waals surface area contributed by atoms with Crippen molar-refractivity contribution in [3.05, 3.63) is 89.2 Å². The lowest BCUT2D eigenvalue weighted by Gasteiger charge is -2.23. The van der Waals surface area contributed by atoms with Gasteiger partial charge in [-0.3, -0.25) is 0 Å². The monoisotopic (exact) mass is 375 g/mol. The number of nitrogens with one attached hydrogen (secondary N) is 1. The van der Waals surface area contributed by atoms with E-state index in [1.165, 1.54) is 0 Å². The topological polar surface area (TPSA) is 41.0 Å². The summed E-state index contributed by atoms with van der Waals surface area (Å²) in [4.78, 5) is 14.4. The number of fused-ring (bicyclic) bond motifs is 2. The van der Waals surface area contributed by atoms with Crippen molar-refractivity contribution in [1.82, 2.24) is 9.97 Å². The molecule has 3 nitrogen and oxygen atoms in total. The predicted molar refractivity (Wildman–Crippen MR) is 109 cm³/mol. The molecule has 0 unspecified atom stereocenters. The Bertz CT molecular complexity index is 1100. The SMILES string of the molecule is Clc1ccc(C2=Nc3ccccc3S[C@H]2c2nc3ccccc3[nH]2)cc1. The minimum absolute atomic E-state index is 0.00141. The molecule has 3 aromatic carbocycles. The Hall–Kier alpha value is -2.56. The number of halogens is 1. The molecule has 5 heteroatoms. The van der Waals surface area contributed by atoms with E-state index < -0.39 is 0 Å². The molecule has 2 heterocycles. The quantitative estimate of drug-likeness (QED) is 0.454. The van der Waals surface area contributed by atoms with E-state index in [0.29, 0.717) is 0 Å². The molecular weight excluding hydrogens is 362 g/mol. The van der Waals surface area contributed by atoms with Crippen LogP contribution >= 0.6 is 23.4 Å². The third-order valence-electron chi connectivity index (χ3n) is 4.40. The van der Waals surface area contributed by atoms with E-state index >= 15 is 0 Å². The van der Waals surface area contributed by atoms with Gasteiger partial charge >= 0.3 is 0 Å². The molecule has 0 radical (unpaired) electrons. The van der Waals surface area contributed by atoms with Crippen molar-refractivity contribution in [2.75, 3.05) is 0 Å². The Morgan fingerprint density at radius 3 is 2.50 bits per heavy atom. The average molecular weight is 376 g/mol. The molecule has 1 N–H and O–H groups in total. The fourth-order valence-electron chi connectivity index (χ4n) is 3.14. The van der Waals surface area contributed by atoms with E-state index in [9.17, 15) is 0 Å². The number of imidazole rings is 1. The van der Waals surface area contributed by atoms with Crippen LogP contribution in [0.2, 0.25) is 5.02 Å². The molecule has 0 saturated heterocycles. The molecule has 0 aliphatic carbocycles. The van der Waals surface area contributed by atoms with Crippen LogP contribution in [0.15, 0.2) is 82.7 Å². The van der Waals surface area contributed by atoms with Gasteiger partial charge < -0.3 is 4.98 Å². The molecule has 26 heavy (non-hydrogen) atoms. The highest BCUT2D eigenvalue weighted by Crippen LogP contribution is 2.46. The van der Waals surface area contributed by atoms with Crippen LogP contribution in [0.25, 0.3) is 11.0 Å². The molecule has 0 bridgehead atoms. The number of thioether (sulfide) groups is 1. The van der Waals surface area contributed by atoms with Gasteiger partial charge in [-0.25, -0.2) is 9.98 Å². The zero-order chi connectivity index (χ0) is 17.5. The van der Waals surface area contributed by atoms with Crippen molar-refractivity contribution in [3.63, 3.8) is 0 Å². The van der Waals surface area contributed by atoms with E-state index in [0.717, 1.165) is 43.7 Å². The third-order valence-corrected chi connectivity index (χ3v) is 5.93. The summed E-state index contributed by atoms with van der Waals surface area (Å²) in [7, 11) is 0. The second-order valence-electron chi connectivity index (χ2n) is 6.11. The van der Waals surface area contributed by atoms with Crippen molar-refractivity contribution >= 4 is 45.8 Å². The molecule has 0 fully saturated rings. The summed E-state index contributed by atoms with van der Waals surface area (Å²) in [6.07, 6.45) is 0. The van der Waals surface area contributed by atoms with Gasteiger partial charge in [0.2, 0.25) is 0 Å².